The fraction of sp³-hybridized carbons (Fsp3) is 0.154. The van der Waals surface area contributed by atoms with Gasteiger partial charge in [0.15, 0.2) is 0 Å². The summed E-state index contributed by atoms with van der Waals surface area (Å²) in [5, 5.41) is 5.73. The molecule has 0 aliphatic carbocycles. The van der Waals surface area contributed by atoms with Crippen LogP contribution in [-0.2, 0) is 4.79 Å². The normalized spacial score (nSPS) is 11.4. The Labute approximate surface area is 120 Å². The Morgan fingerprint density at radius 3 is 2.58 bits per heavy atom. The molecule has 1 N–H and O–H groups in total. The van der Waals surface area contributed by atoms with Crippen LogP contribution in [0.5, 0.6) is 0 Å². The molecular formula is C13H12ClN3OS. The van der Waals surface area contributed by atoms with Crippen molar-refractivity contribution in [3.63, 3.8) is 0 Å². The Morgan fingerprint density at radius 1 is 1.37 bits per heavy atom. The number of halogens is 1. The number of hydrogen-bond acceptors (Lipinski definition) is 4. The Kier molecular flexibility index (Phi) is 4.29. The zero-order valence-electron chi connectivity index (χ0n) is 10.5. The first-order valence-electron chi connectivity index (χ1n) is 5.59. The molecule has 6 heteroatoms. The third kappa shape index (κ3) is 3.19. The van der Waals surface area contributed by atoms with E-state index in [9.17, 15) is 4.79 Å². The van der Waals surface area contributed by atoms with Crippen molar-refractivity contribution in [1.29, 1.82) is 0 Å². The number of carbonyl (C=O) groups is 1. The molecule has 1 amide bonds. The van der Waals surface area contributed by atoms with Crippen LogP contribution in [0.1, 0.15) is 21.1 Å². The van der Waals surface area contributed by atoms with Crippen LogP contribution in [0.25, 0.3) is 0 Å². The van der Waals surface area contributed by atoms with Crippen molar-refractivity contribution in [3.8, 4) is 0 Å². The quantitative estimate of drug-likeness (QED) is 0.535. The summed E-state index contributed by atoms with van der Waals surface area (Å²) in [7, 11) is 0. The standard InChI is InChI=1S/C13H12ClN3OS/c1-8-13(19-9(2)16-8)12(17-15-7-18)10-3-5-11(14)6-4-10/h3-7H,1-2H3,(H,15,18)/b17-12-. The van der Waals surface area contributed by atoms with Gasteiger partial charge in [-0.25, -0.2) is 10.4 Å². The monoisotopic (exact) mass is 293 g/mol. The third-order valence-corrected chi connectivity index (χ3v) is 3.80. The lowest BCUT2D eigenvalue weighted by atomic mass is 10.1. The third-order valence-electron chi connectivity index (χ3n) is 2.47. The van der Waals surface area contributed by atoms with Gasteiger partial charge in [0, 0.05) is 10.6 Å². The molecule has 0 bridgehead atoms. The molecule has 19 heavy (non-hydrogen) atoms. The fourth-order valence-corrected chi connectivity index (χ4v) is 2.75. The summed E-state index contributed by atoms with van der Waals surface area (Å²) in [5.41, 5.74) is 4.81. The van der Waals surface area contributed by atoms with Crippen molar-refractivity contribution >= 4 is 35.1 Å². The van der Waals surface area contributed by atoms with Crippen LogP contribution in [0.3, 0.4) is 0 Å². The van der Waals surface area contributed by atoms with Gasteiger partial charge in [0.1, 0.15) is 5.71 Å². The van der Waals surface area contributed by atoms with Crippen molar-refractivity contribution in [2.75, 3.05) is 0 Å². The van der Waals surface area contributed by atoms with Crippen LogP contribution in [0.2, 0.25) is 5.02 Å². The van der Waals surface area contributed by atoms with Gasteiger partial charge in [-0.15, -0.1) is 11.3 Å². The molecule has 0 aliphatic rings. The molecule has 0 aliphatic heterocycles. The predicted octanol–water partition coefficient (Wildman–Crippen LogP) is 2.91. The van der Waals surface area contributed by atoms with E-state index in [-0.39, 0.29) is 0 Å². The van der Waals surface area contributed by atoms with Crippen LogP contribution in [0.15, 0.2) is 29.4 Å². The number of thiazole rings is 1. The second-order valence-corrected chi connectivity index (χ2v) is 5.50. The lowest BCUT2D eigenvalue weighted by Crippen LogP contribution is -2.10. The molecule has 2 aromatic rings. The summed E-state index contributed by atoms with van der Waals surface area (Å²) in [4.78, 5) is 15.8. The van der Waals surface area contributed by atoms with E-state index in [0.717, 1.165) is 21.1 Å². The Balaban J connectivity index is 2.50. The molecule has 0 unspecified atom stereocenters. The van der Waals surface area contributed by atoms with E-state index in [2.05, 4.69) is 15.5 Å². The van der Waals surface area contributed by atoms with Crippen LogP contribution >= 0.6 is 22.9 Å². The van der Waals surface area contributed by atoms with Crippen molar-refractivity contribution < 1.29 is 4.79 Å². The zero-order valence-corrected chi connectivity index (χ0v) is 12.0. The maximum Gasteiger partial charge on any atom is 0.227 e. The van der Waals surface area contributed by atoms with Crippen molar-refractivity contribution in [3.05, 3.63) is 50.4 Å². The van der Waals surface area contributed by atoms with E-state index in [1.165, 1.54) is 0 Å². The molecule has 1 aromatic carbocycles. The van der Waals surface area contributed by atoms with E-state index >= 15 is 0 Å². The van der Waals surface area contributed by atoms with Gasteiger partial charge in [0.2, 0.25) is 6.41 Å². The summed E-state index contributed by atoms with van der Waals surface area (Å²) in [6.07, 6.45) is 0.541. The minimum atomic E-state index is 0.541. The molecular weight excluding hydrogens is 282 g/mol. The van der Waals surface area contributed by atoms with E-state index in [1.807, 2.05) is 26.0 Å². The summed E-state index contributed by atoms with van der Waals surface area (Å²) < 4.78 is 0. The molecule has 0 spiro atoms. The first-order chi connectivity index (χ1) is 9.11. The number of rotatable bonds is 4. The summed E-state index contributed by atoms with van der Waals surface area (Å²) in [5.74, 6) is 0. The lowest BCUT2D eigenvalue weighted by Gasteiger charge is -2.05. The molecule has 4 nitrogen and oxygen atoms in total. The van der Waals surface area contributed by atoms with Gasteiger partial charge in [-0.2, -0.15) is 5.10 Å². The van der Waals surface area contributed by atoms with Crippen LogP contribution in [0.4, 0.5) is 0 Å². The highest BCUT2D eigenvalue weighted by atomic mass is 35.5. The number of amides is 1. The first kappa shape index (κ1) is 13.7. The highest BCUT2D eigenvalue weighted by Gasteiger charge is 2.14. The molecule has 1 heterocycles. The number of nitrogens with one attached hydrogen (secondary N) is 1. The highest BCUT2D eigenvalue weighted by Crippen LogP contribution is 2.22. The van der Waals surface area contributed by atoms with E-state index < -0.39 is 0 Å². The number of nitrogens with zero attached hydrogens (tertiary/aromatic N) is 2. The molecule has 2 rings (SSSR count). The maximum atomic E-state index is 10.5. The van der Waals surface area contributed by atoms with Gasteiger partial charge in [0.05, 0.1) is 15.6 Å². The van der Waals surface area contributed by atoms with E-state index in [4.69, 9.17) is 11.6 Å². The summed E-state index contributed by atoms with van der Waals surface area (Å²) >= 11 is 7.42. The molecule has 1 aromatic heterocycles. The minimum absolute atomic E-state index is 0.541. The average Bonchev–Trinajstić information content (AvgIpc) is 2.71. The minimum Gasteiger partial charge on any atom is -0.277 e. The first-order valence-corrected chi connectivity index (χ1v) is 6.78. The van der Waals surface area contributed by atoms with Gasteiger partial charge in [-0.05, 0) is 26.0 Å². The second kappa shape index (κ2) is 5.95. The van der Waals surface area contributed by atoms with Gasteiger partial charge in [-0.1, -0.05) is 23.7 Å². The Morgan fingerprint density at radius 2 is 2.05 bits per heavy atom. The SMILES string of the molecule is Cc1nc(C)c(/C(=N\NC=O)c2ccc(Cl)cc2)s1. The average molecular weight is 294 g/mol. The fourth-order valence-electron chi connectivity index (χ4n) is 1.70. The highest BCUT2D eigenvalue weighted by molar-refractivity contribution is 7.14. The van der Waals surface area contributed by atoms with Gasteiger partial charge < -0.3 is 0 Å². The number of carbonyl (C=O) groups excluding carboxylic acids is 1. The largest absolute Gasteiger partial charge is 0.277 e. The van der Waals surface area contributed by atoms with Gasteiger partial charge >= 0.3 is 0 Å². The Bertz CT molecular complexity index is 619. The predicted molar refractivity (Wildman–Crippen MR) is 77.9 cm³/mol. The van der Waals surface area contributed by atoms with Crippen molar-refractivity contribution in [1.82, 2.24) is 10.4 Å². The van der Waals surface area contributed by atoms with E-state index in [0.29, 0.717) is 17.1 Å². The number of aryl methyl sites for hydroxylation is 2. The second-order valence-electron chi connectivity index (χ2n) is 3.86. The van der Waals surface area contributed by atoms with Crippen molar-refractivity contribution in [2.24, 2.45) is 5.10 Å². The smallest absolute Gasteiger partial charge is 0.227 e. The topological polar surface area (TPSA) is 54.4 Å². The molecule has 0 saturated heterocycles. The summed E-state index contributed by atoms with van der Waals surface area (Å²) in [6, 6.07) is 7.30. The number of benzene rings is 1. The molecule has 0 saturated carbocycles. The number of hydrogen-bond donors (Lipinski definition) is 1. The number of hydrazone groups is 1. The Hall–Kier alpha value is -1.72. The maximum absolute atomic E-state index is 10.5. The van der Waals surface area contributed by atoms with E-state index in [1.54, 1.807) is 23.5 Å². The molecule has 0 atom stereocenters. The summed E-state index contributed by atoms with van der Waals surface area (Å²) in [6.45, 7) is 3.86. The molecule has 98 valence electrons. The zero-order chi connectivity index (χ0) is 13.8. The van der Waals surface area contributed by atoms with Gasteiger partial charge in [0.25, 0.3) is 0 Å². The van der Waals surface area contributed by atoms with Crippen LogP contribution in [-0.4, -0.2) is 17.1 Å². The van der Waals surface area contributed by atoms with Crippen LogP contribution < -0.4 is 5.43 Å². The lowest BCUT2D eigenvalue weighted by molar-refractivity contribution is -0.109. The number of aromatic nitrogens is 1. The van der Waals surface area contributed by atoms with Crippen LogP contribution in [0, 0.1) is 13.8 Å². The molecule has 0 fully saturated rings. The molecule has 0 radical (unpaired) electrons. The van der Waals surface area contributed by atoms with Crippen molar-refractivity contribution in [2.45, 2.75) is 13.8 Å². The van der Waals surface area contributed by atoms with Gasteiger partial charge in [-0.3, -0.25) is 4.79 Å².